The maximum absolute atomic E-state index is 12.5. The second-order valence-electron chi connectivity index (χ2n) is 16.3. The highest BCUT2D eigenvalue weighted by atomic mass is 32.2. The normalized spacial score (nSPS) is 10.9. The van der Waals surface area contributed by atoms with E-state index in [4.69, 9.17) is 56.3 Å². The number of carbonyl (C=O) groups is 5. The predicted octanol–water partition coefficient (Wildman–Crippen LogP) is 7.31. The van der Waals surface area contributed by atoms with E-state index in [1.165, 1.54) is 5.56 Å². The van der Waals surface area contributed by atoms with Crippen molar-refractivity contribution in [2.75, 3.05) is 5.43 Å². The average molecular weight is 1110 g/mol. The molecule has 2 aromatic heterocycles. The molecule has 0 saturated carbocycles. The van der Waals surface area contributed by atoms with E-state index in [9.17, 15) is 24.0 Å². The molecule has 0 atom stereocenters. The van der Waals surface area contributed by atoms with Gasteiger partial charge in [-0.25, -0.2) is 9.97 Å². The van der Waals surface area contributed by atoms with Gasteiger partial charge in [0.2, 0.25) is 0 Å². The molecule has 4 aromatic rings. The molecule has 404 valence electrons. The minimum absolute atomic E-state index is 0.0180. The van der Waals surface area contributed by atoms with E-state index in [0.717, 1.165) is 65.0 Å². The standard InChI is InChI=1S/C24H28N2O2.C19H23N3O2.C5H10O.4O3S/c1-6-8-22(27)20-13-17(14-21(26-20)23(28)9-7-2)16-10-11-19-18(12-16)24(4,5)15(3)25-19;1-3-5-18(23)16-11-14(12-17(21-16)19(24)6-4-2)13-7-9-15(22-20)10-8-13;1-4(2)5(3)6;4*1-4(2)3/h10-14H,6-9H2,1-5H3;7-12,22H,3-6,20H2,1-2H3;4H,1-3H3;;;;. The highest BCUT2D eigenvalue weighted by Crippen LogP contribution is 2.42. The Morgan fingerprint density at radius 2 is 0.797 bits per heavy atom. The number of nitrogens with zero attached hydrogens (tertiary/aromatic N) is 3. The molecule has 0 spiro atoms. The van der Waals surface area contributed by atoms with Gasteiger partial charge < -0.3 is 5.43 Å². The van der Waals surface area contributed by atoms with Crippen LogP contribution >= 0.6 is 0 Å². The van der Waals surface area contributed by atoms with Gasteiger partial charge in [-0.2, -0.15) is 0 Å². The zero-order valence-corrected chi connectivity index (χ0v) is 45.8. The molecule has 26 heteroatoms. The number of ketones is 5. The van der Waals surface area contributed by atoms with Gasteiger partial charge in [0.25, 0.3) is 0 Å². The number of carbonyl (C=O) groups excluding carboxylic acids is 5. The number of nitrogen functional groups attached to an aromatic ring is 1. The minimum Gasteiger partial charge on any atom is -0.324 e. The number of rotatable bonds is 16. The van der Waals surface area contributed by atoms with Crippen LogP contribution in [0.5, 0.6) is 0 Å². The number of pyridine rings is 2. The van der Waals surface area contributed by atoms with Crippen LogP contribution in [0, 0.1) is 5.92 Å². The first-order valence-electron chi connectivity index (χ1n) is 22.5. The van der Waals surface area contributed by atoms with Gasteiger partial charge in [-0.3, -0.25) is 34.8 Å². The first kappa shape index (κ1) is 69.1. The maximum atomic E-state index is 12.5. The number of hydrogen-bond acceptors (Lipinski definition) is 22. The van der Waals surface area contributed by atoms with Crippen molar-refractivity contribution in [3.8, 4) is 22.3 Å². The smallest absolute Gasteiger partial charge is 0.324 e. The van der Waals surface area contributed by atoms with Gasteiger partial charge in [0.1, 0.15) is 28.6 Å². The summed E-state index contributed by atoms with van der Waals surface area (Å²) < 4.78 is 101. The molecule has 0 bridgehead atoms. The summed E-state index contributed by atoms with van der Waals surface area (Å²) >= 11 is 0. The van der Waals surface area contributed by atoms with Crippen LogP contribution in [0.2, 0.25) is 0 Å². The van der Waals surface area contributed by atoms with Crippen molar-refractivity contribution < 1.29 is 74.5 Å². The summed E-state index contributed by atoms with van der Waals surface area (Å²) in [6, 6.07) is 20.8. The quantitative estimate of drug-likeness (QED) is 0.0630. The van der Waals surface area contributed by atoms with Crippen LogP contribution in [0.25, 0.3) is 22.3 Å². The summed E-state index contributed by atoms with van der Waals surface area (Å²) in [6.45, 7) is 19.6. The molecule has 0 radical (unpaired) electrons. The van der Waals surface area contributed by atoms with E-state index in [2.05, 4.69) is 47.2 Å². The van der Waals surface area contributed by atoms with Crippen molar-refractivity contribution >= 4 is 88.4 Å². The Morgan fingerprint density at radius 3 is 1.07 bits per heavy atom. The number of Topliss-reactive ketones (excluding diaryl/α,β-unsaturated/α-hetero) is 5. The second-order valence-corrected chi connectivity index (χ2v) is 17.9. The second kappa shape index (κ2) is 36.0. The van der Waals surface area contributed by atoms with Crippen molar-refractivity contribution in [1.82, 2.24) is 9.97 Å². The summed E-state index contributed by atoms with van der Waals surface area (Å²) in [5.74, 6) is 5.75. The predicted molar refractivity (Wildman–Crippen MR) is 274 cm³/mol. The molecule has 74 heavy (non-hydrogen) atoms. The van der Waals surface area contributed by atoms with Crippen LogP contribution in [0.4, 0.5) is 11.4 Å². The summed E-state index contributed by atoms with van der Waals surface area (Å²) in [6.07, 6.45) is 4.73. The Kier molecular flexibility index (Phi) is 33.6. The lowest BCUT2D eigenvalue weighted by Crippen LogP contribution is -2.22. The van der Waals surface area contributed by atoms with Crippen LogP contribution in [-0.4, -0.2) is 95.1 Å². The molecular weight excluding hydrogens is 1050 g/mol. The van der Waals surface area contributed by atoms with E-state index in [1.54, 1.807) is 19.1 Å². The SMILES string of the molecule is CC(=O)C(C)C.CCCC(=O)c1cc(-c2ccc(NN)cc2)cc(C(=O)CCC)n1.CCCC(=O)c1cc(-c2ccc3c(c2)C(C)(C)C(C)=N3)cc(C(=O)CCC)n1.O=S(=O)=O.O=S(=O)=O.O=S(=O)=O.O=S(=O)=O. The Morgan fingerprint density at radius 1 is 0.514 bits per heavy atom. The molecule has 22 nitrogen and oxygen atoms in total. The summed E-state index contributed by atoms with van der Waals surface area (Å²) in [4.78, 5) is 73.0. The fourth-order valence-corrected chi connectivity index (χ4v) is 5.97. The summed E-state index contributed by atoms with van der Waals surface area (Å²) in [5.41, 5.74) is 11.5. The number of benzene rings is 2. The molecule has 1 aliphatic heterocycles. The number of fused-ring (bicyclic) bond motifs is 1. The third-order valence-electron chi connectivity index (χ3n) is 10.1. The molecule has 2 aromatic carbocycles. The number of aliphatic imine (C=N–C) groups is 1. The molecule has 0 amide bonds. The van der Waals surface area contributed by atoms with Crippen molar-refractivity contribution in [2.45, 2.75) is 126 Å². The van der Waals surface area contributed by atoms with E-state index in [1.807, 2.05) is 90.1 Å². The zero-order valence-electron chi connectivity index (χ0n) is 42.6. The number of aromatic nitrogens is 2. The topological polar surface area (TPSA) is 366 Å². The number of hydrogen-bond donors (Lipinski definition) is 2. The van der Waals surface area contributed by atoms with E-state index in [-0.39, 0.29) is 40.2 Å². The summed E-state index contributed by atoms with van der Waals surface area (Å²) in [5, 5.41) is 0. The number of anilines is 1. The monoisotopic (exact) mass is 1110 g/mol. The van der Waals surface area contributed by atoms with E-state index < -0.39 is 42.4 Å². The molecule has 0 saturated heterocycles. The van der Waals surface area contributed by atoms with Gasteiger partial charge >= 0.3 is 42.4 Å². The number of hydrazine groups is 1. The maximum Gasteiger partial charge on any atom is 0.425 e. The average Bonchev–Trinajstić information content (AvgIpc) is 3.54. The van der Waals surface area contributed by atoms with E-state index >= 15 is 0 Å². The molecule has 0 aliphatic carbocycles. The largest absolute Gasteiger partial charge is 0.425 e. The molecule has 3 heterocycles. The van der Waals surface area contributed by atoms with Gasteiger partial charge in [-0.05, 0) is 116 Å². The van der Waals surface area contributed by atoms with Crippen molar-refractivity contribution in [2.24, 2.45) is 16.8 Å². The third-order valence-corrected chi connectivity index (χ3v) is 10.1. The van der Waals surface area contributed by atoms with Crippen LogP contribution in [0.3, 0.4) is 0 Å². The Labute approximate surface area is 436 Å². The van der Waals surface area contributed by atoms with Crippen molar-refractivity contribution in [3.05, 3.63) is 95.1 Å². The van der Waals surface area contributed by atoms with Crippen LogP contribution in [0.1, 0.15) is 168 Å². The fourth-order valence-electron chi connectivity index (χ4n) is 5.97. The Hall–Kier alpha value is -7.00. The lowest BCUT2D eigenvalue weighted by Gasteiger charge is -2.20. The molecule has 0 fully saturated rings. The lowest BCUT2D eigenvalue weighted by molar-refractivity contribution is -0.119. The number of nitrogens with two attached hydrogens (primary N) is 1. The van der Waals surface area contributed by atoms with Gasteiger partial charge in [0, 0.05) is 48.4 Å². The molecule has 1 aliphatic rings. The third kappa shape index (κ3) is 27.7. The fraction of sp³-hybridized carbons (Fsp3) is 0.417. The first-order valence-corrected chi connectivity index (χ1v) is 26.5. The van der Waals surface area contributed by atoms with Gasteiger partial charge in [-0.15, -0.1) is 50.5 Å². The van der Waals surface area contributed by atoms with Crippen molar-refractivity contribution in [3.63, 3.8) is 0 Å². The van der Waals surface area contributed by atoms with Crippen LogP contribution in [-0.2, 0) is 52.6 Å². The molecule has 3 N–H and O–H groups in total. The Bertz CT molecular complexity index is 2880. The van der Waals surface area contributed by atoms with Crippen molar-refractivity contribution in [1.29, 1.82) is 0 Å². The Balaban J connectivity index is 0. The van der Waals surface area contributed by atoms with Crippen LogP contribution in [0.15, 0.2) is 71.7 Å². The first-order chi connectivity index (χ1) is 34.4. The highest BCUT2D eigenvalue weighted by molar-refractivity contribution is 7.59. The highest BCUT2D eigenvalue weighted by Gasteiger charge is 2.32. The zero-order chi connectivity index (χ0) is 57.5. The molecular formula is C48H61N5O17S4. The summed E-state index contributed by atoms with van der Waals surface area (Å²) in [7, 11) is -12.4. The number of nitrogens with one attached hydrogen (secondary N) is 1. The van der Waals surface area contributed by atoms with Crippen LogP contribution < -0.4 is 11.3 Å². The lowest BCUT2D eigenvalue weighted by atomic mass is 9.81. The van der Waals surface area contributed by atoms with Gasteiger partial charge in [-0.1, -0.05) is 73.6 Å². The molecule has 0 unspecified atom stereocenters. The minimum atomic E-state index is -3.11. The van der Waals surface area contributed by atoms with Gasteiger partial charge in [0.05, 0.1) is 5.69 Å². The van der Waals surface area contributed by atoms with Gasteiger partial charge in [0.15, 0.2) is 23.1 Å². The van der Waals surface area contributed by atoms with E-state index in [0.29, 0.717) is 48.5 Å². The molecule has 5 rings (SSSR count).